The summed E-state index contributed by atoms with van der Waals surface area (Å²) in [6, 6.07) is 0. The van der Waals surface area contributed by atoms with Crippen molar-refractivity contribution in [2.45, 2.75) is 82.6 Å². The van der Waals surface area contributed by atoms with Gasteiger partial charge in [0.1, 0.15) is 12.2 Å². The average Bonchev–Trinajstić information content (AvgIpc) is 3.25. The fraction of sp³-hybridized carbons (Fsp3) is 0.750. The summed E-state index contributed by atoms with van der Waals surface area (Å²) in [4.78, 5) is 25.2. The Morgan fingerprint density at radius 2 is 1.93 bits per heavy atom. The molecule has 0 unspecified atom stereocenters. The molecule has 0 bridgehead atoms. The predicted octanol–water partition coefficient (Wildman–Crippen LogP) is 2.49. The number of ether oxygens (including phenoxy) is 3. The lowest BCUT2D eigenvalue weighted by Gasteiger charge is -2.56. The van der Waals surface area contributed by atoms with Gasteiger partial charge in [0.05, 0.1) is 12.2 Å². The van der Waals surface area contributed by atoms with Crippen molar-refractivity contribution >= 4 is 11.6 Å². The van der Waals surface area contributed by atoms with Gasteiger partial charge in [-0.05, 0) is 70.4 Å². The summed E-state index contributed by atoms with van der Waals surface area (Å²) in [6.07, 6.45) is 8.40. The predicted molar refractivity (Wildman–Crippen MR) is 106 cm³/mol. The van der Waals surface area contributed by atoms with Crippen LogP contribution in [-0.2, 0) is 23.8 Å². The first-order valence-electron chi connectivity index (χ1n) is 11.2. The molecule has 0 amide bonds. The van der Waals surface area contributed by atoms with Crippen molar-refractivity contribution in [3.05, 3.63) is 23.8 Å². The number of aliphatic hydroxyl groups is 1. The zero-order valence-electron chi connectivity index (χ0n) is 18.1. The Morgan fingerprint density at radius 1 is 1.17 bits per heavy atom. The van der Waals surface area contributed by atoms with Gasteiger partial charge in [0.2, 0.25) is 0 Å². The molecule has 6 nitrogen and oxygen atoms in total. The molecule has 5 fully saturated rings. The van der Waals surface area contributed by atoms with Crippen LogP contribution in [0.3, 0.4) is 0 Å². The van der Waals surface area contributed by atoms with E-state index in [1.807, 2.05) is 13.8 Å². The zero-order valence-corrected chi connectivity index (χ0v) is 18.1. The molecule has 4 aliphatic carbocycles. The van der Waals surface area contributed by atoms with Gasteiger partial charge in [-0.3, -0.25) is 9.59 Å². The van der Waals surface area contributed by atoms with E-state index in [1.54, 1.807) is 12.2 Å². The van der Waals surface area contributed by atoms with Crippen molar-refractivity contribution in [1.29, 1.82) is 0 Å². The summed E-state index contributed by atoms with van der Waals surface area (Å²) in [5, 5.41) is 9.87. The third-order valence-corrected chi connectivity index (χ3v) is 9.48. The highest BCUT2D eigenvalue weighted by atomic mass is 16.8. The fourth-order valence-electron chi connectivity index (χ4n) is 8.36. The molecule has 2 heterocycles. The van der Waals surface area contributed by atoms with Gasteiger partial charge in [-0.1, -0.05) is 18.6 Å². The number of epoxide rings is 1. The minimum Gasteiger partial charge on any atom is -0.388 e. The number of fused-ring (bicyclic) bond motifs is 5. The molecular weight excluding hydrogens is 384 g/mol. The first-order chi connectivity index (χ1) is 14.0. The SMILES string of the molecule is CC1(C)O[C@H]2C[C@H]3[C@@H]4CCC5=CC(=O)C=C[C@]5(C)[C@@]45O[C@H]5C[C@]3(C)[C@]2(C(=O)CO)O1. The topological polar surface area (TPSA) is 85.4 Å². The van der Waals surface area contributed by atoms with Crippen molar-refractivity contribution in [2.24, 2.45) is 22.7 Å². The second-order valence-corrected chi connectivity index (χ2v) is 11.0. The molecular formula is C24H30O6. The first kappa shape index (κ1) is 19.4. The number of ketones is 2. The van der Waals surface area contributed by atoms with Gasteiger partial charge in [0, 0.05) is 10.8 Å². The number of carbonyl (C=O) groups excluding carboxylic acids is 2. The summed E-state index contributed by atoms with van der Waals surface area (Å²) >= 11 is 0. The number of Topliss-reactive ketones (excluding diaryl/α,β-unsaturated/α-hetero) is 1. The van der Waals surface area contributed by atoms with Crippen LogP contribution >= 0.6 is 0 Å². The van der Waals surface area contributed by atoms with E-state index in [4.69, 9.17) is 14.2 Å². The van der Waals surface area contributed by atoms with Crippen LogP contribution in [0.5, 0.6) is 0 Å². The van der Waals surface area contributed by atoms with E-state index in [-0.39, 0.29) is 46.6 Å². The Kier molecular flexibility index (Phi) is 3.45. The molecule has 0 aromatic rings. The molecule has 2 saturated heterocycles. The van der Waals surface area contributed by atoms with E-state index < -0.39 is 23.4 Å². The Hall–Kier alpha value is -1.34. The van der Waals surface area contributed by atoms with Gasteiger partial charge in [0.15, 0.2) is 23.0 Å². The summed E-state index contributed by atoms with van der Waals surface area (Å²) < 4.78 is 19.2. The second kappa shape index (κ2) is 5.34. The molecule has 6 heteroatoms. The highest BCUT2D eigenvalue weighted by Crippen LogP contribution is 2.77. The van der Waals surface area contributed by atoms with E-state index in [9.17, 15) is 14.7 Å². The second-order valence-electron chi connectivity index (χ2n) is 11.0. The van der Waals surface area contributed by atoms with Gasteiger partial charge < -0.3 is 19.3 Å². The van der Waals surface area contributed by atoms with Crippen LogP contribution in [0.2, 0.25) is 0 Å². The maximum Gasteiger partial charge on any atom is 0.193 e. The fourth-order valence-corrected chi connectivity index (χ4v) is 8.36. The Bertz CT molecular complexity index is 934. The highest BCUT2D eigenvalue weighted by Gasteiger charge is 2.84. The molecule has 30 heavy (non-hydrogen) atoms. The Balaban J connectivity index is 1.46. The molecule has 0 aromatic heterocycles. The monoisotopic (exact) mass is 414 g/mol. The molecule has 0 radical (unpaired) electrons. The van der Waals surface area contributed by atoms with Gasteiger partial charge in [-0.25, -0.2) is 0 Å². The van der Waals surface area contributed by atoms with E-state index in [0.717, 1.165) is 19.3 Å². The molecule has 8 atom stereocenters. The smallest absolute Gasteiger partial charge is 0.193 e. The van der Waals surface area contributed by atoms with E-state index in [1.165, 1.54) is 5.57 Å². The van der Waals surface area contributed by atoms with Crippen LogP contribution in [0.4, 0.5) is 0 Å². The van der Waals surface area contributed by atoms with Gasteiger partial charge in [0.25, 0.3) is 0 Å². The quantitative estimate of drug-likeness (QED) is 0.699. The van der Waals surface area contributed by atoms with Gasteiger partial charge >= 0.3 is 0 Å². The normalized spacial score (nSPS) is 54.4. The molecule has 0 aromatic carbocycles. The molecule has 1 spiro atoms. The van der Waals surface area contributed by atoms with Crippen molar-refractivity contribution in [2.75, 3.05) is 6.61 Å². The van der Waals surface area contributed by atoms with Gasteiger partial charge in [-0.15, -0.1) is 0 Å². The third kappa shape index (κ3) is 1.88. The van der Waals surface area contributed by atoms with Crippen LogP contribution in [0.1, 0.15) is 53.4 Å². The van der Waals surface area contributed by atoms with Crippen LogP contribution in [-0.4, -0.2) is 52.5 Å². The van der Waals surface area contributed by atoms with Crippen molar-refractivity contribution in [1.82, 2.24) is 0 Å². The van der Waals surface area contributed by atoms with Crippen LogP contribution in [0, 0.1) is 22.7 Å². The van der Waals surface area contributed by atoms with Crippen LogP contribution < -0.4 is 0 Å². The molecule has 6 rings (SSSR count). The van der Waals surface area contributed by atoms with Crippen molar-refractivity contribution in [3.63, 3.8) is 0 Å². The van der Waals surface area contributed by atoms with E-state index >= 15 is 0 Å². The number of aliphatic hydroxyl groups excluding tert-OH is 1. The van der Waals surface area contributed by atoms with E-state index in [2.05, 4.69) is 19.9 Å². The average molecular weight is 414 g/mol. The zero-order chi connectivity index (χ0) is 21.3. The summed E-state index contributed by atoms with van der Waals surface area (Å²) in [5.41, 5.74) is -1.04. The molecule has 3 saturated carbocycles. The lowest BCUT2D eigenvalue weighted by atomic mass is 9.46. The maximum atomic E-state index is 13.2. The molecule has 2 aliphatic heterocycles. The first-order valence-corrected chi connectivity index (χ1v) is 11.2. The minimum atomic E-state index is -1.14. The van der Waals surface area contributed by atoms with Crippen LogP contribution in [0.15, 0.2) is 23.8 Å². The number of hydrogen-bond donors (Lipinski definition) is 1. The number of hydrogen-bond acceptors (Lipinski definition) is 6. The highest BCUT2D eigenvalue weighted by molar-refractivity contribution is 6.01. The molecule has 162 valence electrons. The minimum absolute atomic E-state index is 0.00438. The lowest BCUT2D eigenvalue weighted by molar-refractivity contribution is -0.211. The Morgan fingerprint density at radius 3 is 2.67 bits per heavy atom. The van der Waals surface area contributed by atoms with Crippen molar-refractivity contribution in [3.8, 4) is 0 Å². The van der Waals surface area contributed by atoms with E-state index in [0.29, 0.717) is 6.42 Å². The van der Waals surface area contributed by atoms with Gasteiger partial charge in [-0.2, -0.15) is 0 Å². The number of allylic oxidation sites excluding steroid dienone is 2. The standard InChI is InChI=1S/C24H30O6/c1-20(2)28-18-10-16-15-6-5-13-9-14(26)7-8-21(13,3)23(15)19(29-23)11-22(16,4)24(18,30-20)17(27)12-25/h7-9,15-16,18-19,25H,5-6,10-12H2,1-4H3/t15-,16-,18-,19-,21-,22-,23+,24+/m0/s1. The summed E-state index contributed by atoms with van der Waals surface area (Å²) in [7, 11) is 0. The number of carbonyl (C=O) groups is 2. The number of rotatable bonds is 2. The van der Waals surface area contributed by atoms with Crippen LogP contribution in [0.25, 0.3) is 0 Å². The maximum absolute atomic E-state index is 13.2. The molecule has 6 aliphatic rings. The summed E-state index contributed by atoms with van der Waals surface area (Å²) in [5.74, 6) is -0.629. The third-order valence-electron chi connectivity index (χ3n) is 9.48. The van der Waals surface area contributed by atoms with Crippen molar-refractivity contribution < 1.29 is 28.9 Å². The largest absolute Gasteiger partial charge is 0.388 e. The molecule has 1 N–H and O–H groups in total. The lowest BCUT2D eigenvalue weighted by Crippen LogP contribution is -2.63. The summed E-state index contributed by atoms with van der Waals surface area (Å²) in [6.45, 7) is 7.50. The Labute approximate surface area is 176 Å².